The van der Waals surface area contributed by atoms with Gasteiger partial charge in [-0.15, -0.1) is 0 Å². The highest BCUT2D eigenvalue weighted by molar-refractivity contribution is 5.90. The number of esters is 1. The minimum absolute atomic E-state index is 0.165. The summed E-state index contributed by atoms with van der Waals surface area (Å²) in [6.07, 6.45) is 3.31. The summed E-state index contributed by atoms with van der Waals surface area (Å²) in [7, 11) is 0. The quantitative estimate of drug-likeness (QED) is 0.503. The molecule has 0 atom stereocenters. The average Bonchev–Trinajstić information content (AvgIpc) is 2.86. The molecule has 0 radical (unpaired) electrons. The van der Waals surface area contributed by atoms with Crippen LogP contribution in [0.2, 0.25) is 0 Å². The van der Waals surface area contributed by atoms with Gasteiger partial charge in [0, 0.05) is 12.2 Å². The van der Waals surface area contributed by atoms with Gasteiger partial charge in [0.2, 0.25) is 0 Å². The van der Waals surface area contributed by atoms with Crippen molar-refractivity contribution in [3.63, 3.8) is 0 Å². The van der Waals surface area contributed by atoms with Gasteiger partial charge in [-0.25, -0.2) is 9.18 Å². The van der Waals surface area contributed by atoms with Gasteiger partial charge >= 0.3 is 5.97 Å². The van der Waals surface area contributed by atoms with Crippen molar-refractivity contribution < 1.29 is 13.9 Å². The molecule has 2 rings (SSSR count). The highest BCUT2D eigenvalue weighted by Gasteiger charge is 2.12. The van der Waals surface area contributed by atoms with Crippen LogP contribution in [-0.2, 0) is 4.74 Å². The first-order chi connectivity index (χ1) is 9.15. The van der Waals surface area contributed by atoms with Crippen LogP contribution in [0, 0.1) is 5.82 Å². The van der Waals surface area contributed by atoms with E-state index in [-0.39, 0.29) is 11.3 Å². The Morgan fingerprint density at radius 3 is 2.74 bits per heavy atom. The van der Waals surface area contributed by atoms with Crippen molar-refractivity contribution in [1.82, 2.24) is 4.90 Å². The maximum absolute atomic E-state index is 13.1. The van der Waals surface area contributed by atoms with Gasteiger partial charge in [0.1, 0.15) is 5.82 Å². The van der Waals surface area contributed by atoms with Crippen molar-refractivity contribution in [3.8, 4) is 0 Å². The van der Waals surface area contributed by atoms with Gasteiger partial charge in [0.15, 0.2) is 0 Å². The molecule has 1 heterocycles. The van der Waals surface area contributed by atoms with Gasteiger partial charge < -0.3 is 15.4 Å². The van der Waals surface area contributed by atoms with Crippen LogP contribution in [-0.4, -0.2) is 37.1 Å². The number of anilines is 1. The molecule has 4 nitrogen and oxygen atoms in total. The lowest BCUT2D eigenvalue weighted by Gasteiger charge is -2.14. The monoisotopic (exact) mass is 266 g/mol. The zero-order chi connectivity index (χ0) is 13.7. The second kappa shape index (κ2) is 6.52. The van der Waals surface area contributed by atoms with E-state index >= 15 is 0 Å². The highest BCUT2D eigenvalue weighted by Crippen LogP contribution is 2.12. The van der Waals surface area contributed by atoms with Crippen LogP contribution in [0.5, 0.6) is 0 Å². The normalized spacial score (nSPS) is 15.6. The number of halogens is 1. The molecule has 1 aliphatic heterocycles. The summed E-state index contributed by atoms with van der Waals surface area (Å²) in [5.74, 6) is -1.04. The molecule has 0 spiro atoms. The Hall–Kier alpha value is -1.62. The molecular weight excluding hydrogens is 247 g/mol. The van der Waals surface area contributed by atoms with Gasteiger partial charge in [-0.05, 0) is 50.6 Å². The number of likely N-dealkylation sites (tertiary alicyclic amines) is 1. The molecule has 0 aliphatic carbocycles. The third-order valence-electron chi connectivity index (χ3n) is 3.21. The van der Waals surface area contributed by atoms with Crippen LogP contribution in [0.4, 0.5) is 10.1 Å². The number of rotatable bonds is 5. The topological polar surface area (TPSA) is 55.6 Å². The lowest BCUT2D eigenvalue weighted by molar-refractivity contribution is 0.0490. The van der Waals surface area contributed by atoms with Crippen molar-refractivity contribution in [3.05, 3.63) is 29.6 Å². The molecule has 2 N–H and O–H groups in total. The number of nitrogen functional groups attached to an aromatic ring is 1. The van der Waals surface area contributed by atoms with E-state index in [0.29, 0.717) is 6.61 Å². The summed E-state index contributed by atoms with van der Waals surface area (Å²) in [5.41, 5.74) is 5.87. The standard InChI is InChI=1S/C14H19FN2O2/c15-12-8-11(9-13(16)10-12)14(18)19-7-3-6-17-4-1-2-5-17/h8-10H,1-7,16H2. The maximum atomic E-state index is 13.1. The van der Waals surface area contributed by atoms with E-state index in [1.807, 2.05) is 0 Å². The van der Waals surface area contributed by atoms with E-state index in [0.717, 1.165) is 32.1 Å². The Balaban J connectivity index is 1.74. The van der Waals surface area contributed by atoms with Gasteiger partial charge in [-0.3, -0.25) is 0 Å². The summed E-state index contributed by atoms with van der Waals surface area (Å²) >= 11 is 0. The Morgan fingerprint density at radius 2 is 2.05 bits per heavy atom. The molecule has 1 aromatic rings. The fourth-order valence-corrected chi connectivity index (χ4v) is 2.27. The summed E-state index contributed by atoms with van der Waals surface area (Å²) < 4.78 is 18.2. The molecular formula is C14H19FN2O2. The van der Waals surface area contributed by atoms with Crippen LogP contribution >= 0.6 is 0 Å². The SMILES string of the molecule is Nc1cc(F)cc(C(=O)OCCCN2CCCC2)c1. The van der Waals surface area contributed by atoms with Gasteiger partial charge in [0.25, 0.3) is 0 Å². The molecule has 0 unspecified atom stereocenters. The second-order valence-electron chi connectivity index (χ2n) is 4.81. The third-order valence-corrected chi connectivity index (χ3v) is 3.21. The summed E-state index contributed by atoms with van der Waals surface area (Å²) in [5, 5.41) is 0. The zero-order valence-corrected chi connectivity index (χ0v) is 10.9. The molecule has 1 fully saturated rings. The molecule has 5 heteroatoms. The molecule has 0 bridgehead atoms. The van der Waals surface area contributed by atoms with Crippen molar-refractivity contribution in [2.45, 2.75) is 19.3 Å². The van der Waals surface area contributed by atoms with Gasteiger partial charge in [0.05, 0.1) is 12.2 Å². The average molecular weight is 266 g/mol. The zero-order valence-electron chi connectivity index (χ0n) is 10.9. The van der Waals surface area contributed by atoms with Gasteiger partial charge in [-0.1, -0.05) is 0 Å². The van der Waals surface area contributed by atoms with Gasteiger partial charge in [-0.2, -0.15) is 0 Å². The predicted molar refractivity (Wildman–Crippen MR) is 71.4 cm³/mol. The number of hydrogen-bond acceptors (Lipinski definition) is 4. The summed E-state index contributed by atoms with van der Waals surface area (Å²) in [6, 6.07) is 3.73. The van der Waals surface area contributed by atoms with Crippen molar-refractivity contribution in [1.29, 1.82) is 0 Å². The largest absolute Gasteiger partial charge is 0.462 e. The van der Waals surface area contributed by atoms with Crippen LogP contribution < -0.4 is 5.73 Å². The van der Waals surface area contributed by atoms with E-state index in [2.05, 4.69) is 4.90 Å². The number of nitrogens with zero attached hydrogens (tertiary/aromatic N) is 1. The van der Waals surface area contributed by atoms with E-state index in [1.54, 1.807) is 0 Å². The predicted octanol–water partition coefficient (Wildman–Crippen LogP) is 2.05. The fraction of sp³-hybridized carbons (Fsp3) is 0.500. The van der Waals surface area contributed by atoms with E-state index < -0.39 is 11.8 Å². The van der Waals surface area contributed by atoms with Crippen molar-refractivity contribution >= 4 is 11.7 Å². The minimum atomic E-state index is -0.524. The molecule has 0 amide bonds. The molecule has 0 saturated carbocycles. The summed E-state index contributed by atoms with van der Waals surface area (Å²) in [6.45, 7) is 3.56. The smallest absolute Gasteiger partial charge is 0.338 e. The number of benzene rings is 1. The Bertz CT molecular complexity index is 425. The first-order valence-corrected chi connectivity index (χ1v) is 6.61. The molecule has 0 aromatic heterocycles. The highest BCUT2D eigenvalue weighted by atomic mass is 19.1. The maximum Gasteiger partial charge on any atom is 0.338 e. The summed E-state index contributed by atoms with van der Waals surface area (Å²) in [4.78, 5) is 14.0. The van der Waals surface area contributed by atoms with E-state index in [4.69, 9.17) is 10.5 Å². The van der Waals surface area contributed by atoms with E-state index in [9.17, 15) is 9.18 Å². The van der Waals surface area contributed by atoms with Crippen LogP contribution in [0.1, 0.15) is 29.6 Å². The van der Waals surface area contributed by atoms with Crippen molar-refractivity contribution in [2.24, 2.45) is 0 Å². The second-order valence-corrected chi connectivity index (χ2v) is 4.81. The first kappa shape index (κ1) is 13.8. The molecule has 1 aliphatic rings. The van der Waals surface area contributed by atoms with Crippen LogP contribution in [0.3, 0.4) is 0 Å². The third kappa shape index (κ3) is 4.21. The van der Waals surface area contributed by atoms with E-state index in [1.165, 1.54) is 25.0 Å². The lowest BCUT2D eigenvalue weighted by atomic mass is 10.2. The number of carbonyl (C=O) groups excluding carboxylic acids is 1. The van der Waals surface area contributed by atoms with Crippen molar-refractivity contribution in [2.75, 3.05) is 32.0 Å². The molecule has 1 saturated heterocycles. The number of hydrogen-bond donors (Lipinski definition) is 1. The lowest BCUT2D eigenvalue weighted by Crippen LogP contribution is -2.22. The minimum Gasteiger partial charge on any atom is -0.462 e. The fourth-order valence-electron chi connectivity index (χ4n) is 2.27. The molecule has 1 aromatic carbocycles. The van der Waals surface area contributed by atoms with Crippen LogP contribution in [0.25, 0.3) is 0 Å². The molecule has 104 valence electrons. The number of nitrogens with two attached hydrogens (primary N) is 1. The molecule has 19 heavy (non-hydrogen) atoms. The Kier molecular flexibility index (Phi) is 4.74. The Labute approximate surface area is 112 Å². The number of carbonyl (C=O) groups is 1. The first-order valence-electron chi connectivity index (χ1n) is 6.61. The number of ether oxygens (including phenoxy) is 1. The Morgan fingerprint density at radius 1 is 1.32 bits per heavy atom. The van der Waals surface area contributed by atoms with Crippen LogP contribution in [0.15, 0.2) is 18.2 Å².